The smallest absolute Gasteiger partial charge is 0.115 e. The lowest BCUT2D eigenvalue weighted by Gasteiger charge is -2.05. The molecule has 0 unspecified atom stereocenters. The van der Waals surface area contributed by atoms with Gasteiger partial charge in [0.15, 0.2) is 0 Å². The Morgan fingerprint density at radius 1 is 1.06 bits per heavy atom. The SMILES string of the molecule is Oc1cccc(CNCc2cccnc2)c1. The van der Waals surface area contributed by atoms with Crippen LogP contribution in [0.3, 0.4) is 0 Å². The number of phenols is 1. The monoisotopic (exact) mass is 214 g/mol. The number of rotatable bonds is 4. The topological polar surface area (TPSA) is 45.1 Å². The molecule has 0 fully saturated rings. The fraction of sp³-hybridized carbons (Fsp3) is 0.154. The first-order chi connectivity index (χ1) is 7.84. The molecule has 0 bridgehead atoms. The lowest BCUT2D eigenvalue weighted by atomic mass is 10.2. The molecule has 1 aromatic carbocycles. The molecule has 16 heavy (non-hydrogen) atoms. The van der Waals surface area contributed by atoms with Gasteiger partial charge in [-0.05, 0) is 29.3 Å². The largest absolute Gasteiger partial charge is 0.508 e. The zero-order valence-electron chi connectivity index (χ0n) is 8.93. The fourth-order valence-corrected chi connectivity index (χ4v) is 1.52. The van der Waals surface area contributed by atoms with Crippen LogP contribution in [-0.2, 0) is 13.1 Å². The lowest BCUT2D eigenvalue weighted by Crippen LogP contribution is -2.12. The Balaban J connectivity index is 1.85. The molecule has 0 radical (unpaired) electrons. The molecule has 0 amide bonds. The normalized spacial score (nSPS) is 10.2. The number of aromatic nitrogens is 1. The second-order valence-corrected chi connectivity index (χ2v) is 3.63. The first-order valence-corrected chi connectivity index (χ1v) is 5.22. The zero-order valence-corrected chi connectivity index (χ0v) is 8.93. The zero-order chi connectivity index (χ0) is 11.2. The minimum atomic E-state index is 0.306. The van der Waals surface area contributed by atoms with Crippen molar-refractivity contribution in [2.75, 3.05) is 0 Å². The predicted octanol–water partition coefficient (Wildman–Crippen LogP) is 2.08. The Morgan fingerprint density at radius 3 is 2.62 bits per heavy atom. The van der Waals surface area contributed by atoms with E-state index in [-0.39, 0.29) is 0 Å². The van der Waals surface area contributed by atoms with E-state index in [9.17, 15) is 5.11 Å². The van der Waals surface area contributed by atoms with Crippen LogP contribution in [0.5, 0.6) is 5.75 Å². The summed E-state index contributed by atoms with van der Waals surface area (Å²) in [5.41, 5.74) is 2.23. The molecule has 2 N–H and O–H groups in total. The Bertz CT molecular complexity index is 443. The van der Waals surface area contributed by atoms with E-state index >= 15 is 0 Å². The first kappa shape index (κ1) is 10.6. The number of benzene rings is 1. The molecule has 0 atom stereocenters. The van der Waals surface area contributed by atoms with Gasteiger partial charge >= 0.3 is 0 Å². The molecule has 1 aromatic heterocycles. The molecule has 0 aliphatic carbocycles. The summed E-state index contributed by atoms with van der Waals surface area (Å²) < 4.78 is 0. The van der Waals surface area contributed by atoms with E-state index in [0.717, 1.165) is 24.2 Å². The van der Waals surface area contributed by atoms with Crippen LogP contribution in [0.15, 0.2) is 48.8 Å². The van der Waals surface area contributed by atoms with Gasteiger partial charge in [-0.1, -0.05) is 18.2 Å². The van der Waals surface area contributed by atoms with Gasteiger partial charge in [0.05, 0.1) is 0 Å². The van der Waals surface area contributed by atoms with Crippen LogP contribution in [0.4, 0.5) is 0 Å². The van der Waals surface area contributed by atoms with Crippen molar-refractivity contribution in [1.82, 2.24) is 10.3 Å². The molecule has 0 saturated carbocycles. The van der Waals surface area contributed by atoms with Crippen LogP contribution in [0, 0.1) is 0 Å². The maximum atomic E-state index is 9.29. The maximum Gasteiger partial charge on any atom is 0.115 e. The quantitative estimate of drug-likeness (QED) is 0.819. The van der Waals surface area contributed by atoms with Crippen LogP contribution >= 0.6 is 0 Å². The second-order valence-electron chi connectivity index (χ2n) is 3.63. The van der Waals surface area contributed by atoms with E-state index in [2.05, 4.69) is 10.3 Å². The van der Waals surface area contributed by atoms with Crippen molar-refractivity contribution in [3.63, 3.8) is 0 Å². The minimum absolute atomic E-state index is 0.306. The van der Waals surface area contributed by atoms with E-state index < -0.39 is 0 Å². The maximum absolute atomic E-state index is 9.29. The van der Waals surface area contributed by atoms with Crippen molar-refractivity contribution in [2.24, 2.45) is 0 Å². The summed E-state index contributed by atoms with van der Waals surface area (Å²) in [5, 5.41) is 12.6. The third-order valence-electron chi connectivity index (χ3n) is 2.29. The minimum Gasteiger partial charge on any atom is -0.508 e. The van der Waals surface area contributed by atoms with Crippen molar-refractivity contribution in [2.45, 2.75) is 13.1 Å². The second kappa shape index (κ2) is 5.28. The van der Waals surface area contributed by atoms with Gasteiger partial charge in [0, 0.05) is 25.5 Å². The molecule has 0 aliphatic rings. The first-order valence-electron chi connectivity index (χ1n) is 5.22. The highest BCUT2D eigenvalue weighted by Crippen LogP contribution is 2.10. The number of aromatic hydroxyl groups is 1. The summed E-state index contributed by atoms with van der Waals surface area (Å²) >= 11 is 0. The van der Waals surface area contributed by atoms with Crippen LogP contribution in [0.1, 0.15) is 11.1 Å². The van der Waals surface area contributed by atoms with Crippen LogP contribution in [-0.4, -0.2) is 10.1 Å². The van der Waals surface area contributed by atoms with Crippen LogP contribution in [0.25, 0.3) is 0 Å². The summed E-state index contributed by atoms with van der Waals surface area (Å²) in [4.78, 5) is 4.04. The standard InChI is InChI=1S/C13H14N2O/c16-13-5-1-3-11(7-13)8-15-10-12-4-2-6-14-9-12/h1-7,9,15-16H,8,10H2. The van der Waals surface area contributed by atoms with E-state index in [1.54, 1.807) is 18.3 Å². The van der Waals surface area contributed by atoms with E-state index in [0.29, 0.717) is 5.75 Å². The summed E-state index contributed by atoms with van der Waals surface area (Å²) in [5.74, 6) is 0.306. The van der Waals surface area contributed by atoms with Crippen molar-refractivity contribution in [3.8, 4) is 5.75 Å². The number of nitrogens with one attached hydrogen (secondary N) is 1. The van der Waals surface area contributed by atoms with Gasteiger partial charge in [-0.15, -0.1) is 0 Å². The van der Waals surface area contributed by atoms with Crippen molar-refractivity contribution >= 4 is 0 Å². The Morgan fingerprint density at radius 2 is 1.88 bits per heavy atom. The molecular formula is C13H14N2O. The number of phenolic OH excluding ortho intramolecular Hbond substituents is 1. The summed E-state index contributed by atoms with van der Waals surface area (Å²) in [6.45, 7) is 1.52. The van der Waals surface area contributed by atoms with Crippen LogP contribution in [0.2, 0.25) is 0 Å². The fourth-order valence-electron chi connectivity index (χ4n) is 1.52. The van der Waals surface area contributed by atoms with Gasteiger partial charge in [0.2, 0.25) is 0 Å². The highest BCUT2D eigenvalue weighted by Gasteiger charge is 1.95. The Hall–Kier alpha value is -1.87. The van der Waals surface area contributed by atoms with Crippen molar-refractivity contribution < 1.29 is 5.11 Å². The number of pyridine rings is 1. The van der Waals surface area contributed by atoms with E-state index in [4.69, 9.17) is 0 Å². The van der Waals surface area contributed by atoms with Gasteiger partial charge < -0.3 is 10.4 Å². The molecular weight excluding hydrogens is 200 g/mol. The van der Waals surface area contributed by atoms with E-state index in [1.807, 2.05) is 30.5 Å². The highest BCUT2D eigenvalue weighted by molar-refractivity contribution is 5.27. The highest BCUT2D eigenvalue weighted by atomic mass is 16.3. The molecule has 82 valence electrons. The summed E-state index contributed by atoms with van der Waals surface area (Å²) in [6.07, 6.45) is 3.61. The van der Waals surface area contributed by atoms with Gasteiger partial charge in [0.1, 0.15) is 5.75 Å². The van der Waals surface area contributed by atoms with Gasteiger partial charge in [-0.2, -0.15) is 0 Å². The van der Waals surface area contributed by atoms with Gasteiger partial charge in [-0.25, -0.2) is 0 Å². The third-order valence-corrected chi connectivity index (χ3v) is 2.29. The summed E-state index contributed by atoms with van der Waals surface area (Å²) in [7, 11) is 0. The van der Waals surface area contributed by atoms with E-state index in [1.165, 1.54) is 0 Å². The van der Waals surface area contributed by atoms with Crippen LogP contribution < -0.4 is 5.32 Å². The van der Waals surface area contributed by atoms with Crippen molar-refractivity contribution in [3.05, 3.63) is 59.9 Å². The van der Waals surface area contributed by atoms with Gasteiger partial charge in [0.25, 0.3) is 0 Å². The molecule has 0 aliphatic heterocycles. The third kappa shape index (κ3) is 3.07. The Labute approximate surface area is 94.8 Å². The average Bonchev–Trinajstić information content (AvgIpc) is 2.30. The molecule has 0 saturated heterocycles. The average molecular weight is 214 g/mol. The molecule has 2 rings (SSSR count). The lowest BCUT2D eigenvalue weighted by molar-refractivity contribution is 0.474. The predicted molar refractivity (Wildman–Crippen MR) is 62.9 cm³/mol. The summed E-state index contributed by atoms with van der Waals surface area (Å²) in [6, 6.07) is 11.2. The van der Waals surface area contributed by atoms with Crippen molar-refractivity contribution in [1.29, 1.82) is 0 Å². The number of nitrogens with zero attached hydrogens (tertiary/aromatic N) is 1. The number of hydrogen-bond donors (Lipinski definition) is 2. The molecule has 1 heterocycles. The molecule has 0 spiro atoms. The molecule has 2 aromatic rings. The number of hydrogen-bond acceptors (Lipinski definition) is 3. The molecule has 3 heteroatoms. The van der Waals surface area contributed by atoms with Gasteiger partial charge in [-0.3, -0.25) is 4.98 Å². The molecule has 3 nitrogen and oxygen atoms in total. The Kier molecular flexibility index (Phi) is 3.51.